The molecule has 24 heavy (non-hydrogen) atoms. The van der Waals surface area contributed by atoms with Crippen LogP contribution in [-0.2, 0) is 14.6 Å². The number of aromatic nitrogens is 1. The van der Waals surface area contributed by atoms with Crippen LogP contribution in [0.2, 0.25) is 5.02 Å². The van der Waals surface area contributed by atoms with Crippen LogP contribution >= 0.6 is 11.6 Å². The molecule has 0 aliphatic carbocycles. The van der Waals surface area contributed by atoms with Crippen molar-refractivity contribution in [2.75, 3.05) is 20.5 Å². The highest BCUT2D eigenvalue weighted by Gasteiger charge is 2.21. The largest absolute Gasteiger partial charge is 0.496 e. The zero-order valence-corrected chi connectivity index (χ0v) is 15.2. The van der Waals surface area contributed by atoms with Crippen LogP contribution in [-0.4, -0.2) is 39.8 Å². The van der Waals surface area contributed by atoms with Gasteiger partial charge in [-0.05, 0) is 19.1 Å². The number of carbonyl (C=O) groups is 1. The van der Waals surface area contributed by atoms with Crippen LogP contribution in [0.4, 0.5) is 0 Å². The van der Waals surface area contributed by atoms with Crippen molar-refractivity contribution in [3.05, 3.63) is 40.7 Å². The maximum absolute atomic E-state index is 12.0. The highest BCUT2D eigenvalue weighted by Crippen LogP contribution is 2.38. The van der Waals surface area contributed by atoms with E-state index in [4.69, 9.17) is 21.1 Å². The van der Waals surface area contributed by atoms with E-state index < -0.39 is 15.8 Å². The molecule has 0 aliphatic heterocycles. The van der Waals surface area contributed by atoms with Crippen molar-refractivity contribution in [2.45, 2.75) is 11.8 Å². The summed E-state index contributed by atoms with van der Waals surface area (Å²) in [5.74, 6) is -0.293. The maximum Gasteiger partial charge on any atom is 0.340 e. The van der Waals surface area contributed by atoms with E-state index in [0.717, 1.165) is 6.26 Å². The predicted octanol–water partition coefficient (Wildman–Crippen LogP) is 2.91. The van der Waals surface area contributed by atoms with Crippen LogP contribution in [0.5, 0.6) is 5.75 Å². The Balaban J connectivity index is 2.81. The van der Waals surface area contributed by atoms with Gasteiger partial charge in [-0.1, -0.05) is 11.6 Å². The third-order valence-corrected chi connectivity index (χ3v) is 4.95. The van der Waals surface area contributed by atoms with Gasteiger partial charge in [-0.25, -0.2) is 13.2 Å². The van der Waals surface area contributed by atoms with Crippen molar-refractivity contribution in [3.8, 4) is 16.9 Å². The molecule has 1 aromatic heterocycles. The van der Waals surface area contributed by atoms with E-state index in [-0.39, 0.29) is 21.2 Å². The molecule has 0 bridgehead atoms. The van der Waals surface area contributed by atoms with Crippen LogP contribution in [0.3, 0.4) is 0 Å². The van der Waals surface area contributed by atoms with Crippen molar-refractivity contribution in [1.29, 1.82) is 0 Å². The average molecular weight is 370 g/mol. The number of aryl methyl sites for hydroxylation is 1. The molecular weight excluding hydrogens is 354 g/mol. The molecule has 2 aromatic rings. The molecule has 6 nitrogen and oxygen atoms in total. The number of sulfone groups is 1. The molecular formula is C16H16ClNO5S. The highest BCUT2D eigenvalue weighted by atomic mass is 35.5. The molecule has 0 spiro atoms. The van der Waals surface area contributed by atoms with E-state index in [1.807, 2.05) is 0 Å². The maximum atomic E-state index is 12.0. The third-order valence-electron chi connectivity index (χ3n) is 3.39. The molecule has 0 N–H and O–H groups in total. The number of rotatable bonds is 4. The van der Waals surface area contributed by atoms with Crippen molar-refractivity contribution < 1.29 is 22.7 Å². The van der Waals surface area contributed by atoms with E-state index in [9.17, 15) is 13.2 Å². The Labute approximate surface area is 145 Å². The normalized spacial score (nSPS) is 11.2. The summed E-state index contributed by atoms with van der Waals surface area (Å²) in [4.78, 5) is 16.1. The number of benzene rings is 1. The highest BCUT2D eigenvalue weighted by molar-refractivity contribution is 7.90. The fourth-order valence-corrected chi connectivity index (χ4v) is 3.57. The van der Waals surface area contributed by atoms with Gasteiger partial charge in [-0.15, -0.1) is 0 Å². The summed E-state index contributed by atoms with van der Waals surface area (Å²) >= 11 is 6.13. The van der Waals surface area contributed by atoms with Gasteiger partial charge in [0.15, 0.2) is 9.84 Å². The smallest absolute Gasteiger partial charge is 0.340 e. The summed E-state index contributed by atoms with van der Waals surface area (Å²) in [6.07, 6.45) is 2.46. The van der Waals surface area contributed by atoms with Gasteiger partial charge in [0.2, 0.25) is 0 Å². The predicted molar refractivity (Wildman–Crippen MR) is 90.4 cm³/mol. The first kappa shape index (κ1) is 18.2. The van der Waals surface area contributed by atoms with Crippen LogP contribution in [0, 0.1) is 6.92 Å². The summed E-state index contributed by atoms with van der Waals surface area (Å²) in [6, 6.07) is 4.47. The minimum absolute atomic E-state index is 0.0404. The molecule has 0 unspecified atom stereocenters. The first-order chi connectivity index (χ1) is 11.2. The quantitative estimate of drug-likeness (QED) is 0.770. The zero-order chi connectivity index (χ0) is 18.1. The monoisotopic (exact) mass is 369 g/mol. The molecule has 0 saturated carbocycles. The van der Waals surface area contributed by atoms with E-state index >= 15 is 0 Å². The van der Waals surface area contributed by atoms with E-state index in [1.165, 1.54) is 32.5 Å². The Morgan fingerprint density at radius 1 is 1.17 bits per heavy atom. The molecule has 1 heterocycles. The number of carbonyl (C=O) groups excluding carboxylic acids is 1. The minimum atomic E-state index is -3.52. The number of hydrogen-bond donors (Lipinski definition) is 0. The molecule has 8 heteroatoms. The lowest BCUT2D eigenvalue weighted by atomic mass is 9.99. The number of methoxy groups -OCH3 is 2. The van der Waals surface area contributed by atoms with Gasteiger partial charge in [-0.3, -0.25) is 4.98 Å². The van der Waals surface area contributed by atoms with Gasteiger partial charge >= 0.3 is 5.97 Å². The second-order valence-corrected chi connectivity index (χ2v) is 7.51. The van der Waals surface area contributed by atoms with Crippen LogP contribution in [0.1, 0.15) is 16.1 Å². The average Bonchev–Trinajstić information content (AvgIpc) is 2.52. The molecule has 128 valence electrons. The molecule has 0 amide bonds. The number of ether oxygens (including phenoxy) is 2. The Hall–Kier alpha value is -2.12. The minimum Gasteiger partial charge on any atom is -0.496 e. The first-order valence-electron chi connectivity index (χ1n) is 6.82. The van der Waals surface area contributed by atoms with Crippen molar-refractivity contribution in [1.82, 2.24) is 4.98 Å². The lowest BCUT2D eigenvalue weighted by Gasteiger charge is -2.15. The Morgan fingerprint density at radius 3 is 2.38 bits per heavy atom. The number of pyridine rings is 1. The number of esters is 1. The lowest BCUT2D eigenvalue weighted by molar-refractivity contribution is 0.0601. The molecule has 0 aliphatic rings. The van der Waals surface area contributed by atoms with Crippen molar-refractivity contribution in [2.24, 2.45) is 0 Å². The molecule has 0 fully saturated rings. The fourth-order valence-electron chi connectivity index (χ4n) is 2.25. The Morgan fingerprint density at radius 2 is 1.83 bits per heavy atom. The molecule has 0 radical (unpaired) electrons. The van der Waals surface area contributed by atoms with Crippen LogP contribution in [0.25, 0.3) is 11.1 Å². The number of halogens is 1. The van der Waals surface area contributed by atoms with Gasteiger partial charge in [0.05, 0.1) is 29.7 Å². The summed E-state index contributed by atoms with van der Waals surface area (Å²) < 4.78 is 33.7. The second kappa shape index (κ2) is 6.78. The number of nitrogens with zero attached hydrogens (tertiary/aromatic N) is 1. The first-order valence-corrected chi connectivity index (χ1v) is 9.09. The van der Waals surface area contributed by atoms with Crippen molar-refractivity contribution >= 4 is 27.4 Å². The van der Waals surface area contributed by atoms with Gasteiger partial charge < -0.3 is 9.47 Å². The van der Waals surface area contributed by atoms with Gasteiger partial charge in [0.1, 0.15) is 5.75 Å². The van der Waals surface area contributed by atoms with Crippen LogP contribution < -0.4 is 4.74 Å². The third kappa shape index (κ3) is 3.52. The van der Waals surface area contributed by atoms with E-state index in [0.29, 0.717) is 16.8 Å². The van der Waals surface area contributed by atoms with Crippen molar-refractivity contribution in [3.63, 3.8) is 0 Å². The van der Waals surface area contributed by atoms with Gasteiger partial charge in [-0.2, -0.15) is 0 Å². The molecule has 0 saturated heterocycles. The van der Waals surface area contributed by atoms with Crippen LogP contribution in [0.15, 0.2) is 29.3 Å². The SMILES string of the molecule is COC(=O)c1cnc(C)cc1-c1cc(Cl)c(S(C)(=O)=O)cc1OC. The molecule has 1 aromatic carbocycles. The lowest BCUT2D eigenvalue weighted by Crippen LogP contribution is -2.06. The standard InChI is InChI=1S/C16H16ClNO5S/c1-9-5-10(12(8-18-9)16(19)23-3)11-6-13(17)15(24(4,20)21)7-14(11)22-2/h5-8H,1-4H3. The molecule has 0 atom stereocenters. The Bertz CT molecular complexity index is 909. The summed E-state index contributed by atoms with van der Waals surface area (Å²) in [7, 11) is -0.846. The Kier molecular flexibility index (Phi) is 5.15. The summed E-state index contributed by atoms with van der Waals surface area (Å²) in [5, 5.41) is 0.0404. The topological polar surface area (TPSA) is 82.6 Å². The van der Waals surface area contributed by atoms with E-state index in [2.05, 4.69) is 4.98 Å². The second-order valence-electron chi connectivity index (χ2n) is 5.12. The fraction of sp³-hybridized carbons (Fsp3) is 0.250. The zero-order valence-electron chi connectivity index (χ0n) is 13.6. The van der Waals surface area contributed by atoms with Gasteiger partial charge in [0, 0.05) is 35.3 Å². The number of hydrogen-bond acceptors (Lipinski definition) is 6. The summed E-state index contributed by atoms with van der Waals surface area (Å²) in [5.41, 5.74) is 1.86. The summed E-state index contributed by atoms with van der Waals surface area (Å²) in [6.45, 7) is 1.77. The van der Waals surface area contributed by atoms with Gasteiger partial charge in [0.25, 0.3) is 0 Å². The molecule has 2 rings (SSSR count). The van der Waals surface area contributed by atoms with E-state index in [1.54, 1.807) is 13.0 Å².